The molecule has 2 heterocycles. The van der Waals surface area contributed by atoms with Crippen LogP contribution in [0.25, 0.3) is 0 Å². The molecule has 1 aliphatic heterocycles. The number of H-pyrrole nitrogens is 1. The van der Waals surface area contributed by atoms with Crippen molar-refractivity contribution >= 4 is 17.7 Å². The van der Waals surface area contributed by atoms with Crippen LogP contribution in [0, 0.1) is 13.8 Å². The SMILES string of the molecule is Cc1cc(C)c2c(c1)[C@@H](NC(=O)CSc1ncn[nH]1)CCO2. The van der Waals surface area contributed by atoms with Crippen LogP contribution in [0.5, 0.6) is 5.75 Å². The lowest BCUT2D eigenvalue weighted by Gasteiger charge is -2.28. The van der Waals surface area contributed by atoms with E-state index < -0.39 is 0 Å². The van der Waals surface area contributed by atoms with Gasteiger partial charge in [-0.3, -0.25) is 9.89 Å². The topological polar surface area (TPSA) is 79.9 Å². The van der Waals surface area contributed by atoms with Gasteiger partial charge in [-0.15, -0.1) is 0 Å². The van der Waals surface area contributed by atoms with E-state index in [-0.39, 0.29) is 11.9 Å². The van der Waals surface area contributed by atoms with Gasteiger partial charge >= 0.3 is 0 Å². The number of carbonyl (C=O) groups is 1. The molecule has 2 N–H and O–H groups in total. The minimum Gasteiger partial charge on any atom is -0.493 e. The molecule has 0 saturated heterocycles. The van der Waals surface area contributed by atoms with Crippen LogP contribution in [0.15, 0.2) is 23.6 Å². The average Bonchev–Trinajstić information content (AvgIpc) is 2.99. The van der Waals surface area contributed by atoms with Gasteiger partial charge < -0.3 is 10.1 Å². The summed E-state index contributed by atoms with van der Waals surface area (Å²) in [7, 11) is 0. The number of hydrogen-bond donors (Lipinski definition) is 2. The van der Waals surface area contributed by atoms with Crippen molar-refractivity contribution in [3.8, 4) is 5.75 Å². The van der Waals surface area contributed by atoms with Gasteiger partial charge in [0, 0.05) is 12.0 Å². The van der Waals surface area contributed by atoms with E-state index in [0.717, 1.165) is 23.3 Å². The smallest absolute Gasteiger partial charge is 0.230 e. The highest BCUT2D eigenvalue weighted by Crippen LogP contribution is 2.35. The second kappa shape index (κ2) is 6.39. The lowest BCUT2D eigenvalue weighted by Crippen LogP contribution is -2.33. The van der Waals surface area contributed by atoms with Crippen LogP contribution in [0.2, 0.25) is 0 Å². The molecule has 7 heteroatoms. The van der Waals surface area contributed by atoms with E-state index in [1.807, 2.05) is 6.92 Å². The number of aromatic amines is 1. The number of nitrogens with one attached hydrogen (secondary N) is 2. The third-order valence-electron chi connectivity index (χ3n) is 3.54. The van der Waals surface area contributed by atoms with Crippen molar-refractivity contribution in [2.45, 2.75) is 31.5 Å². The van der Waals surface area contributed by atoms with Crippen LogP contribution in [0.1, 0.15) is 29.2 Å². The molecule has 1 amide bonds. The summed E-state index contributed by atoms with van der Waals surface area (Å²) in [5.41, 5.74) is 3.36. The third kappa shape index (κ3) is 3.24. The minimum atomic E-state index is -0.0154. The number of fused-ring (bicyclic) bond motifs is 1. The zero-order valence-electron chi connectivity index (χ0n) is 12.5. The van der Waals surface area contributed by atoms with Gasteiger partial charge in [0.15, 0.2) is 5.16 Å². The van der Waals surface area contributed by atoms with Crippen LogP contribution in [-0.4, -0.2) is 33.4 Å². The van der Waals surface area contributed by atoms with E-state index in [1.165, 1.54) is 23.7 Å². The lowest BCUT2D eigenvalue weighted by molar-refractivity contribution is -0.119. The summed E-state index contributed by atoms with van der Waals surface area (Å²) in [6, 6.07) is 4.20. The quantitative estimate of drug-likeness (QED) is 0.844. The predicted octanol–water partition coefficient (Wildman–Crippen LogP) is 2.15. The largest absolute Gasteiger partial charge is 0.493 e. The van der Waals surface area contributed by atoms with E-state index in [2.05, 4.69) is 39.6 Å². The van der Waals surface area contributed by atoms with Crippen LogP contribution in [0.3, 0.4) is 0 Å². The van der Waals surface area contributed by atoms with Crippen molar-refractivity contribution in [2.75, 3.05) is 12.4 Å². The molecule has 0 unspecified atom stereocenters. The summed E-state index contributed by atoms with van der Waals surface area (Å²) >= 11 is 1.34. The Morgan fingerprint density at radius 1 is 1.50 bits per heavy atom. The first kappa shape index (κ1) is 14.9. The summed E-state index contributed by atoms with van der Waals surface area (Å²) in [6.07, 6.45) is 2.22. The number of rotatable bonds is 4. The summed E-state index contributed by atoms with van der Waals surface area (Å²) in [6.45, 7) is 4.72. The number of thioether (sulfide) groups is 1. The molecule has 0 fully saturated rings. The van der Waals surface area contributed by atoms with Gasteiger partial charge in [0.25, 0.3) is 0 Å². The van der Waals surface area contributed by atoms with E-state index in [9.17, 15) is 4.79 Å². The molecule has 116 valence electrons. The highest BCUT2D eigenvalue weighted by molar-refractivity contribution is 7.99. The Morgan fingerprint density at radius 3 is 3.14 bits per heavy atom. The van der Waals surface area contributed by atoms with Gasteiger partial charge in [0.1, 0.15) is 12.1 Å². The first-order valence-electron chi connectivity index (χ1n) is 7.15. The first-order valence-corrected chi connectivity index (χ1v) is 8.13. The Hall–Kier alpha value is -2.02. The zero-order chi connectivity index (χ0) is 15.5. The molecule has 1 aromatic carbocycles. The number of amides is 1. The van der Waals surface area contributed by atoms with Gasteiger partial charge in [-0.25, -0.2) is 4.98 Å². The maximum atomic E-state index is 12.2. The molecule has 0 spiro atoms. The number of aryl methyl sites for hydroxylation is 2. The van der Waals surface area contributed by atoms with Gasteiger partial charge in [-0.05, 0) is 19.4 Å². The summed E-state index contributed by atoms with van der Waals surface area (Å²) in [5.74, 6) is 1.20. The average molecular weight is 318 g/mol. The molecular formula is C15H18N4O2S. The molecule has 1 atom stereocenters. The number of ether oxygens (including phenoxy) is 1. The minimum absolute atomic E-state index is 0.00479. The van der Waals surface area contributed by atoms with Crippen LogP contribution in [-0.2, 0) is 4.79 Å². The van der Waals surface area contributed by atoms with Crippen molar-refractivity contribution in [3.63, 3.8) is 0 Å². The number of hydrogen-bond acceptors (Lipinski definition) is 5. The molecule has 3 rings (SSSR count). The van der Waals surface area contributed by atoms with Crippen LogP contribution in [0.4, 0.5) is 0 Å². The van der Waals surface area contributed by atoms with Crippen molar-refractivity contribution in [2.24, 2.45) is 0 Å². The van der Waals surface area contributed by atoms with Crippen LogP contribution < -0.4 is 10.1 Å². The molecule has 1 aromatic heterocycles. The fourth-order valence-electron chi connectivity index (χ4n) is 2.66. The van der Waals surface area contributed by atoms with E-state index in [0.29, 0.717) is 17.5 Å². The second-order valence-corrected chi connectivity index (χ2v) is 6.30. The molecule has 22 heavy (non-hydrogen) atoms. The molecule has 0 radical (unpaired) electrons. The van der Waals surface area contributed by atoms with Crippen LogP contribution >= 0.6 is 11.8 Å². The van der Waals surface area contributed by atoms with E-state index in [4.69, 9.17) is 4.74 Å². The molecule has 0 bridgehead atoms. The first-order chi connectivity index (χ1) is 10.6. The summed E-state index contributed by atoms with van der Waals surface area (Å²) in [4.78, 5) is 16.1. The second-order valence-electron chi connectivity index (χ2n) is 5.34. The maximum absolute atomic E-state index is 12.2. The highest BCUT2D eigenvalue weighted by Gasteiger charge is 2.24. The van der Waals surface area contributed by atoms with Crippen molar-refractivity contribution in [3.05, 3.63) is 35.2 Å². The normalized spacial score (nSPS) is 16.7. The Kier molecular flexibility index (Phi) is 4.33. The lowest BCUT2D eigenvalue weighted by atomic mass is 9.96. The maximum Gasteiger partial charge on any atom is 0.230 e. The van der Waals surface area contributed by atoms with Crippen molar-refractivity contribution in [1.29, 1.82) is 0 Å². The van der Waals surface area contributed by atoms with E-state index in [1.54, 1.807) is 0 Å². The third-order valence-corrected chi connectivity index (χ3v) is 4.42. The monoisotopic (exact) mass is 318 g/mol. The van der Waals surface area contributed by atoms with E-state index >= 15 is 0 Å². The van der Waals surface area contributed by atoms with Crippen molar-refractivity contribution < 1.29 is 9.53 Å². The molecule has 0 saturated carbocycles. The summed E-state index contributed by atoms with van der Waals surface area (Å²) in [5, 5.41) is 10.2. The molecular weight excluding hydrogens is 300 g/mol. The number of nitrogens with zero attached hydrogens (tertiary/aromatic N) is 2. The van der Waals surface area contributed by atoms with Gasteiger partial charge in [0.05, 0.1) is 18.4 Å². The number of benzene rings is 1. The molecule has 6 nitrogen and oxygen atoms in total. The van der Waals surface area contributed by atoms with Gasteiger partial charge in [-0.1, -0.05) is 29.5 Å². The Labute approximate surface area is 133 Å². The number of carbonyl (C=O) groups excluding carboxylic acids is 1. The Balaban J connectivity index is 1.68. The molecule has 2 aromatic rings. The predicted molar refractivity (Wildman–Crippen MR) is 84.0 cm³/mol. The highest BCUT2D eigenvalue weighted by atomic mass is 32.2. The standard InChI is InChI=1S/C15H18N4O2S/c1-9-5-10(2)14-11(6-9)12(3-4-21-14)18-13(20)7-22-15-16-8-17-19-15/h5-6,8,12H,3-4,7H2,1-2H3,(H,18,20)(H,16,17,19)/t12-/m0/s1. The summed E-state index contributed by atoms with van der Waals surface area (Å²) < 4.78 is 5.76. The van der Waals surface area contributed by atoms with Gasteiger partial charge in [-0.2, -0.15) is 5.10 Å². The Morgan fingerprint density at radius 2 is 2.36 bits per heavy atom. The molecule has 0 aliphatic carbocycles. The zero-order valence-corrected chi connectivity index (χ0v) is 13.4. The Bertz CT molecular complexity index is 672. The molecule has 1 aliphatic rings. The number of aromatic nitrogens is 3. The fourth-order valence-corrected chi connectivity index (χ4v) is 3.25. The van der Waals surface area contributed by atoms with Gasteiger partial charge in [0.2, 0.25) is 5.91 Å². The fraction of sp³-hybridized carbons (Fsp3) is 0.400. The van der Waals surface area contributed by atoms with Crippen molar-refractivity contribution in [1.82, 2.24) is 20.5 Å².